The number of amides is 1. The Balaban J connectivity index is 1.59. The molecule has 0 aliphatic heterocycles. The number of rotatable bonds is 7. The first-order valence-corrected chi connectivity index (χ1v) is 12.2. The molecule has 1 amide bonds. The van der Waals surface area contributed by atoms with Gasteiger partial charge in [-0.15, -0.1) is 0 Å². The average Bonchev–Trinajstić information content (AvgIpc) is 2.82. The number of benzene rings is 4. The Kier molecular flexibility index (Phi) is 6.47. The number of fused-ring (bicyclic) bond motifs is 1. The molecule has 168 valence electrons. The summed E-state index contributed by atoms with van der Waals surface area (Å²) in [5.74, 6) is -0.376. The first kappa shape index (κ1) is 22.6. The fourth-order valence-electron chi connectivity index (χ4n) is 3.69. The number of aryl methyl sites for hydroxylation is 2. The SMILES string of the molecule is Cc1ccc(N(CC(=O)NCc2cccc3ccccc23)S(=O)(=O)c2ccc(C)cc2)cc1. The Hall–Kier alpha value is -3.64. The number of nitrogens with zero attached hydrogens (tertiary/aromatic N) is 1. The van der Waals surface area contributed by atoms with Crippen LogP contribution >= 0.6 is 0 Å². The third kappa shape index (κ3) is 5.07. The molecule has 0 heterocycles. The van der Waals surface area contributed by atoms with Gasteiger partial charge in [-0.3, -0.25) is 9.10 Å². The van der Waals surface area contributed by atoms with E-state index in [0.717, 1.165) is 31.8 Å². The summed E-state index contributed by atoms with van der Waals surface area (Å²) in [5, 5.41) is 5.04. The summed E-state index contributed by atoms with van der Waals surface area (Å²) in [6.45, 7) is 3.82. The van der Waals surface area contributed by atoms with Gasteiger partial charge in [0.05, 0.1) is 10.6 Å². The minimum atomic E-state index is -3.92. The van der Waals surface area contributed by atoms with Crippen LogP contribution in [0.2, 0.25) is 0 Å². The highest BCUT2D eigenvalue weighted by atomic mass is 32.2. The van der Waals surface area contributed by atoms with Gasteiger partial charge in [-0.1, -0.05) is 77.9 Å². The predicted molar refractivity (Wildman–Crippen MR) is 133 cm³/mol. The zero-order valence-corrected chi connectivity index (χ0v) is 19.5. The fourth-order valence-corrected chi connectivity index (χ4v) is 5.11. The zero-order chi connectivity index (χ0) is 23.4. The molecule has 0 aliphatic rings. The Morgan fingerprint density at radius 1 is 0.788 bits per heavy atom. The number of sulfonamides is 1. The predicted octanol–water partition coefficient (Wildman–Crippen LogP) is 4.97. The molecule has 1 N–H and O–H groups in total. The zero-order valence-electron chi connectivity index (χ0n) is 18.7. The average molecular weight is 459 g/mol. The van der Waals surface area contributed by atoms with Crippen LogP contribution < -0.4 is 9.62 Å². The van der Waals surface area contributed by atoms with Crippen molar-refractivity contribution >= 4 is 32.4 Å². The van der Waals surface area contributed by atoms with Crippen molar-refractivity contribution in [3.63, 3.8) is 0 Å². The first-order valence-electron chi connectivity index (χ1n) is 10.7. The van der Waals surface area contributed by atoms with Crippen LogP contribution in [-0.2, 0) is 21.4 Å². The Morgan fingerprint density at radius 3 is 2.09 bits per heavy atom. The van der Waals surface area contributed by atoms with E-state index < -0.39 is 10.0 Å². The van der Waals surface area contributed by atoms with Gasteiger partial charge in [-0.2, -0.15) is 0 Å². The number of carbonyl (C=O) groups is 1. The Labute approximate surface area is 194 Å². The van der Waals surface area contributed by atoms with Crippen LogP contribution in [0.15, 0.2) is 95.9 Å². The number of anilines is 1. The normalized spacial score (nSPS) is 11.3. The lowest BCUT2D eigenvalue weighted by atomic mass is 10.0. The monoisotopic (exact) mass is 458 g/mol. The van der Waals surface area contributed by atoms with Gasteiger partial charge in [0.2, 0.25) is 5.91 Å². The molecule has 33 heavy (non-hydrogen) atoms. The highest BCUT2D eigenvalue weighted by molar-refractivity contribution is 7.92. The third-order valence-corrected chi connectivity index (χ3v) is 7.36. The van der Waals surface area contributed by atoms with Crippen molar-refractivity contribution in [2.45, 2.75) is 25.3 Å². The number of carbonyl (C=O) groups excluding carboxylic acids is 1. The standard InChI is InChI=1S/C27H26N2O3S/c1-20-10-14-24(15-11-20)29(33(31,32)25-16-12-21(2)13-17-25)19-27(30)28-18-23-8-5-7-22-6-3-4-9-26(22)23/h3-17H,18-19H2,1-2H3,(H,28,30). The molecule has 0 aliphatic carbocycles. The maximum absolute atomic E-state index is 13.5. The minimum absolute atomic E-state index is 0.149. The van der Waals surface area contributed by atoms with E-state index in [0.29, 0.717) is 12.2 Å². The Morgan fingerprint density at radius 2 is 1.39 bits per heavy atom. The van der Waals surface area contributed by atoms with Crippen molar-refractivity contribution in [3.05, 3.63) is 108 Å². The molecule has 0 saturated carbocycles. The topological polar surface area (TPSA) is 66.5 Å². The molecule has 4 rings (SSSR count). The quantitative estimate of drug-likeness (QED) is 0.425. The summed E-state index contributed by atoms with van der Waals surface area (Å²) in [4.78, 5) is 13.1. The van der Waals surface area contributed by atoms with E-state index in [1.54, 1.807) is 36.4 Å². The lowest BCUT2D eigenvalue weighted by Gasteiger charge is -2.24. The van der Waals surface area contributed by atoms with Crippen LogP contribution in [0.4, 0.5) is 5.69 Å². The molecule has 0 radical (unpaired) electrons. The van der Waals surface area contributed by atoms with Crippen LogP contribution in [0.3, 0.4) is 0 Å². The van der Waals surface area contributed by atoms with Crippen molar-refractivity contribution in [3.8, 4) is 0 Å². The number of hydrogen-bond donors (Lipinski definition) is 1. The molecule has 4 aromatic carbocycles. The minimum Gasteiger partial charge on any atom is -0.350 e. The second kappa shape index (κ2) is 9.46. The molecule has 4 aromatic rings. The number of nitrogens with one attached hydrogen (secondary N) is 1. The molecule has 0 spiro atoms. The van der Waals surface area contributed by atoms with Crippen LogP contribution in [0.25, 0.3) is 10.8 Å². The van der Waals surface area contributed by atoms with Crippen LogP contribution in [0.1, 0.15) is 16.7 Å². The first-order chi connectivity index (χ1) is 15.8. The second-order valence-corrected chi connectivity index (χ2v) is 9.94. The van der Waals surface area contributed by atoms with Gasteiger partial charge in [0, 0.05) is 6.54 Å². The van der Waals surface area contributed by atoms with Gasteiger partial charge in [0.15, 0.2) is 0 Å². The molecule has 0 aromatic heterocycles. The largest absolute Gasteiger partial charge is 0.350 e. The van der Waals surface area contributed by atoms with E-state index in [-0.39, 0.29) is 17.3 Å². The van der Waals surface area contributed by atoms with Gasteiger partial charge in [0.1, 0.15) is 6.54 Å². The van der Waals surface area contributed by atoms with E-state index in [9.17, 15) is 13.2 Å². The van der Waals surface area contributed by atoms with Crippen molar-refractivity contribution in [1.29, 1.82) is 0 Å². The molecule has 0 atom stereocenters. The maximum Gasteiger partial charge on any atom is 0.264 e. The van der Waals surface area contributed by atoms with Crippen molar-refractivity contribution in [2.75, 3.05) is 10.8 Å². The molecule has 5 nitrogen and oxygen atoms in total. The molecular weight excluding hydrogens is 432 g/mol. The summed E-state index contributed by atoms with van der Waals surface area (Å²) >= 11 is 0. The fraction of sp³-hybridized carbons (Fsp3) is 0.148. The van der Waals surface area contributed by atoms with Gasteiger partial charge in [0.25, 0.3) is 10.0 Å². The van der Waals surface area contributed by atoms with E-state index in [2.05, 4.69) is 5.32 Å². The van der Waals surface area contributed by atoms with Crippen LogP contribution in [-0.4, -0.2) is 20.9 Å². The molecule has 0 fully saturated rings. The van der Waals surface area contributed by atoms with Gasteiger partial charge >= 0.3 is 0 Å². The Bertz CT molecular complexity index is 1370. The van der Waals surface area contributed by atoms with Gasteiger partial charge < -0.3 is 5.32 Å². The maximum atomic E-state index is 13.5. The summed E-state index contributed by atoms with van der Waals surface area (Å²) in [5.41, 5.74) is 3.39. The smallest absolute Gasteiger partial charge is 0.264 e. The molecular formula is C27H26N2O3S. The van der Waals surface area contributed by atoms with Crippen molar-refractivity contribution in [1.82, 2.24) is 5.32 Å². The summed E-state index contributed by atoms with van der Waals surface area (Å²) in [6, 6.07) is 27.6. The van der Waals surface area contributed by atoms with Crippen LogP contribution in [0, 0.1) is 13.8 Å². The molecule has 0 saturated heterocycles. The summed E-state index contributed by atoms with van der Waals surface area (Å²) in [7, 11) is -3.92. The summed E-state index contributed by atoms with van der Waals surface area (Å²) < 4.78 is 28.1. The van der Waals surface area contributed by atoms with Crippen molar-refractivity contribution in [2.24, 2.45) is 0 Å². The summed E-state index contributed by atoms with van der Waals surface area (Å²) in [6.07, 6.45) is 0. The molecule has 6 heteroatoms. The molecule has 0 unspecified atom stereocenters. The highest BCUT2D eigenvalue weighted by Crippen LogP contribution is 2.24. The van der Waals surface area contributed by atoms with E-state index in [1.807, 2.05) is 68.4 Å². The highest BCUT2D eigenvalue weighted by Gasteiger charge is 2.27. The van der Waals surface area contributed by atoms with Crippen molar-refractivity contribution < 1.29 is 13.2 Å². The lowest BCUT2D eigenvalue weighted by molar-refractivity contribution is -0.119. The van der Waals surface area contributed by atoms with Gasteiger partial charge in [-0.05, 0) is 54.4 Å². The van der Waals surface area contributed by atoms with Crippen LogP contribution in [0.5, 0.6) is 0 Å². The van der Waals surface area contributed by atoms with E-state index in [4.69, 9.17) is 0 Å². The lowest BCUT2D eigenvalue weighted by Crippen LogP contribution is -2.40. The van der Waals surface area contributed by atoms with E-state index in [1.165, 1.54) is 0 Å². The second-order valence-electron chi connectivity index (χ2n) is 8.08. The van der Waals surface area contributed by atoms with E-state index >= 15 is 0 Å². The third-order valence-electron chi connectivity index (χ3n) is 5.57. The molecule has 0 bridgehead atoms. The van der Waals surface area contributed by atoms with Gasteiger partial charge in [-0.25, -0.2) is 8.42 Å². The number of hydrogen-bond acceptors (Lipinski definition) is 3.